The number of rotatable bonds is 3. The number of hydrogen-bond donors (Lipinski definition) is 2. The smallest absolute Gasteiger partial charge is 0.291 e. The molecule has 0 fully saturated rings. The molecule has 2 aromatic heterocycles. The van der Waals surface area contributed by atoms with Crippen LogP contribution in [-0.2, 0) is 0 Å². The van der Waals surface area contributed by atoms with E-state index in [1.165, 1.54) is 17.6 Å². The first kappa shape index (κ1) is 16.5. The quantitative estimate of drug-likeness (QED) is 0.437. The maximum Gasteiger partial charge on any atom is 0.291 e. The number of amides is 1. The summed E-state index contributed by atoms with van der Waals surface area (Å²) in [5, 5.41) is 5.52. The van der Waals surface area contributed by atoms with Gasteiger partial charge < -0.3 is 5.73 Å². The third-order valence-electron chi connectivity index (χ3n) is 2.23. The van der Waals surface area contributed by atoms with Crippen LogP contribution in [0, 0.1) is 0 Å². The first-order valence-electron chi connectivity index (χ1n) is 5.27. The van der Waals surface area contributed by atoms with Crippen molar-refractivity contribution in [3.63, 3.8) is 0 Å². The molecule has 110 valence electrons. The lowest BCUT2D eigenvalue weighted by atomic mass is 10.3. The summed E-state index contributed by atoms with van der Waals surface area (Å²) < 4.78 is 0.933. The second-order valence-corrected chi connectivity index (χ2v) is 6.63. The number of hydrazone groups is 1. The van der Waals surface area contributed by atoms with Gasteiger partial charge in [0.2, 0.25) is 0 Å². The highest BCUT2D eigenvalue weighted by atomic mass is 79.9. The van der Waals surface area contributed by atoms with Gasteiger partial charge in [-0.2, -0.15) is 5.10 Å². The van der Waals surface area contributed by atoms with E-state index in [9.17, 15) is 4.79 Å². The monoisotopic (exact) mass is 426 g/mol. The Morgan fingerprint density at radius 2 is 2.14 bits per heavy atom. The topological polar surface area (TPSA) is 80.4 Å². The zero-order valence-corrected chi connectivity index (χ0v) is 14.7. The molecule has 21 heavy (non-hydrogen) atoms. The number of halogens is 4. The fourth-order valence-corrected chi connectivity index (χ4v) is 3.18. The molecule has 0 aliphatic rings. The lowest BCUT2D eigenvalue weighted by molar-refractivity contribution is 0.0950. The van der Waals surface area contributed by atoms with Gasteiger partial charge in [-0.3, -0.25) is 4.79 Å². The molecule has 0 bridgehead atoms. The molecule has 0 aliphatic carbocycles. The van der Waals surface area contributed by atoms with Crippen LogP contribution in [0.15, 0.2) is 21.0 Å². The first-order valence-corrected chi connectivity index (χ1v) is 8.08. The average molecular weight is 429 g/mol. The van der Waals surface area contributed by atoms with Gasteiger partial charge in [-0.15, -0.1) is 11.3 Å². The highest BCUT2D eigenvalue weighted by Crippen LogP contribution is 2.34. The van der Waals surface area contributed by atoms with Crippen molar-refractivity contribution in [2.45, 2.75) is 0 Å². The summed E-state index contributed by atoms with van der Waals surface area (Å²) in [6, 6.07) is 1.85. The van der Waals surface area contributed by atoms with E-state index in [0.29, 0.717) is 0 Å². The molecule has 2 rings (SSSR count). The van der Waals surface area contributed by atoms with Crippen LogP contribution in [0.3, 0.4) is 0 Å². The van der Waals surface area contributed by atoms with Gasteiger partial charge in [-0.1, -0.05) is 34.8 Å². The lowest BCUT2D eigenvalue weighted by Gasteiger charge is -2.07. The molecule has 0 aromatic carbocycles. The zero-order chi connectivity index (χ0) is 15.6. The van der Waals surface area contributed by atoms with Gasteiger partial charge in [0, 0.05) is 14.7 Å². The lowest BCUT2D eigenvalue weighted by Crippen LogP contribution is -2.20. The van der Waals surface area contributed by atoms with E-state index in [1.807, 2.05) is 11.4 Å². The molecule has 0 spiro atoms. The maximum atomic E-state index is 11.9. The Labute approximate surface area is 147 Å². The average Bonchev–Trinajstić information content (AvgIpc) is 2.86. The SMILES string of the molecule is Nc1c(Cl)c(Cl)nc(C(=O)N/N=C/c2cc(Br)cs2)c1Cl. The molecule has 5 nitrogen and oxygen atoms in total. The second-order valence-electron chi connectivity index (χ2n) is 3.66. The van der Waals surface area contributed by atoms with Crippen molar-refractivity contribution in [3.8, 4) is 0 Å². The van der Waals surface area contributed by atoms with E-state index in [4.69, 9.17) is 40.5 Å². The van der Waals surface area contributed by atoms with Crippen LogP contribution in [0.25, 0.3) is 0 Å². The minimum absolute atomic E-state index is 0.00477. The van der Waals surface area contributed by atoms with Gasteiger partial charge in [0.1, 0.15) is 5.02 Å². The molecule has 0 saturated carbocycles. The van der Waals surface area contributed by atoms with Crippen LogP contribution in [0.4, 0.5) is 5.69 Å². The van der Waals surface area contributed by atoms with E-state index in [0.717, 1.165) is 9.35 Å². The Morgan fingerprint density at radius 3 is 2.76 bits per heavy atom. The molecular weight excluding hydrogens is 422 g/mol. The Hall–Kier alpha value is -0.860. The number of aromatic nitrogens is 1. The van der Waals surface area contributed by atoms with Crippen molar-refractivity contribution in [2.75, 3.05) is 5.73 Å². The standard InChI is InChI=1S/C11H6BrCl3N4OS/c12-4-1-5(21-3-4)2-17-19-11(20)9-6(13)8(16)7(14)10(15)18-9/h1-3H,(H2,16,18)(H,19,20)/b17-2+. The number of hydrogen-bond acceptors (Lipinski definition) is 5. The Morgan fingerprint density at radius 1 is 1.43 bits per heavy atom. The van der Waals surface area contributed by atoms with Crippen molar-refractivity contribution < 1.29 is 4.79 Å². The molecule has 0 saturated heterocycles. The van der Waals surface area contributed by atoms with Crippen LogP contribution >= 0.6 is 62.1 Å². The second kappa shape index (κ2) is 6.93. The van der Waals surface area contributed by atoms with Gasteiger partial charge >= 0.3 is 0 Å². The number of anilines is 1. The zero-order valence-electron chi connectivity index (χ0n) is 10.0. The Balaban J connectivity index is 2.16. The summed E-state index contributed by atoms with van der Waals surface area (Å²) in [6.45, 7) is 0. The summed E-state index contributed by atoms with van der Waals surface area (Å²) in [5.74, 6) is -0.642. The van der Waals surface area contributed by atoms with Crippen molar-refractivity contribution in [3.05, 3.63) is 41.7 Å². The molecule has 2 heterocycles. The van der Waals surface area contributed by atoms with E-state index in [-0.39, 0.29) is 26.6 Å². The normalized spacial score (nSPS) is 11.0. The number of nitrogens with one attached hydrogen (secondary N) is 1. The number of nitrogen functional groups attached to an aromatic ring is 1. The summed E-state index contributed by atoms with van der Waals surface area (Å²) in [7, 11) is 0. The number of thiophene rings is 1. The number of nitrogens with two attached hydrogens (primary N) is 1. The Bertz CT molecular complexity index is 734. The molecule has 1 amide bonds. The number of carbonyl (C=O) groups is 1. The number of carbonyl (C=O) groups excluding carboxylic acids is 1. The van der Waals surface area contributed by atoms with Crippen molar-refractivity contribution in [1.82, 2.24) is 10.4 Å². The first-order chi connectivity index (χ1) is 9.90. The molecule has 2 aromatic rings. The third kappa shape index (κ3) is 3.87. The highest BCUT2D eigenvalue weighted by molar-refractivity contribution is 9.10. The van der Waals surface area contributed by atoms with Crippen molar-refractivity contribution in [1.29, 1.82) is 0 Å². The van der Waals surface area contributed by atoms with Gasteiger partial charge in [0.25, 0.3) is 5.91 Å². The van der Waals surface area contributed by atoms with Crippen LogP contribution in [-0.4, -0.2) is 17.1 Å². The molecule has 0 aliphatic heterocycles. The fourth-order valence-electron chi connectivity index (χ4n) is 1.29. The summed E-state index contributed by atoms with van der Waals surface area (Å²) in [4.78, 5) is 16.6. The summed E-state index contributed by atoms with van der Waals surface area (Å²) >= 11 is 22.2. The predicted octanol–water partition coefficient (Wildman–Crippen LogP) is 4.21. The van der Waals surface area contributed by atoms with Gasteiger partial charge in [0.05, 0.1) is 16.9 Å². The van der Waals surface area contributed by atoms with Crippen LogP contribution < -0.4 is 11.2 Å². The molecule has 3 N–H and O–H groups in total. The molecule has 0 radical (unpaired) electrons. The molecular formula is C11H6BrCl3N4OS. The summed E-state index contributed by atoms with van der Waals surface area (Å²) in [5.41, 5.74) is 7.77. The van der Waals surface area contributed by atoms with Crippen LogP contribution in [0.5, 0.6) is 0 Å². The minimum atomic E-state index is -0.642. The van der Waals surface area contributed by atoms with Crippen molar-refractivity contribution in [2.24, 2.45) is 5.10 Å². The number of nitrogens with zero attached hydrogens (tertiary/aromatic N) is 2. The number of pyridine rings is 1. The van der Waals surface area contributed by atoms with E-state index >= 15 is 0 Å². The fraction of sp³-hybridized carbons (Fsp3) is 0. The van der Waals surface area contributed by atoms with E-state index in [2.05, 4.69) is 31.4 Å². The van der Waals surface area contributed by atoms with Crippen LogP contribution in [0.2, 0.25) is 15.2 Å². The molecule has 0 unspecified atom stereocenters. The maximum absolute atomic E-state index is 11.9. The predicted molar refractivity (Wildman–Crippen MR) is 90.8 cm³/mol. The molecule has 0 atom stereocenters. The van der Waals surface area contributed by atoms with Crippen LogP contribution in [0.1, 0.15) is 15.4 Å². The highest BCUT2D eigenvalue weighted by Gasteiger charge is 2.19. The summed E-state index contributed by atoms with van der Waals surface area (Å²) in [6.07, 6.45) is 1.49. The van der Waals surface area contributed by atoms with E-state index in [1.54, 1.807) is 0 Å². The van der Waals surface area contributed by atoms with Gasteiger partial charge in [-0.05, 0) is 22.0 Å². The largest absolute Gasteiger partial charge is 0.396 e. The molecule has 10 heteroatoms. The Kier molecular flexibility index (Phi) is 5.45. The van der Waals surface area contributed by atoms with E-state index < -0.39 is 5.91 Å². The third-order valence-corrected chi connectivity index (χ3v) is 5.00. The van der Waals surface area contributed by atoms with Gasteiger partial charge in [0.15, 0.2) is 10.8 Å². The minimum Gasteiger partial charge on any atom is -0.396 e. The van der Waals surface area contributed by atoms with Crippen molar-refractivity contribution >= 4 is 79.9 Å². The van der Waals surface area contributed by atoms with Gasteiger partial charge in [-0.25, -0.2) is 10.4 Å².